The van der Waals surface area contributed by atoms with Crippen LogP contribution in [0.15, 0.2) is 23.3 Å². The first-order valence-electron chi connectivity index (χ1n) is 11.8. The van der Waals surface area contributed by atoms with E-state index in [1.54, 1.807) is 0 Å². The molecule has 0 bridgehead atoms. The van der Waals surface area contributed by atoms with Crippen molar-refractivity contribution < 1.29 is 4.74 Å². The molecule has 1 aromatic rings. The molecule has 2 fully saturated rings. The van der Waals surface area contributed by atoms with Gasteiger partial charge in [-0.15, -0.1) is 24.0 Å². The summed E-state index contributed by atoms with van der Waals surface area (Å²) in [5.74, 6) is 1.93. The van der Waals surface area contributed by atoms with Gasteiger partial charge in [0.15, 0.2) is 5.96 Å². The summed E-state index contributed by atoms with van der Waals surface area (Å²) in [4.78, 5) is 14.1. The Morgan fingerprint density at radius 2 is 1.90 bits per heavy atom. The molecule has 0 spiro atoms. The lowest BCUT2D eigenvalue weighted by atomic mass is 9.98. The number of hydrogen-bond donors (Lipinski definition) is 2. The quantitative estimate of drug-likeness (QED) is 0.216. The predicted molar refractivity (Wildman–Crippen MR) is 140 cm³/mol. The van der Waals surface area contributed by atoms with Crippen molar-refractivity contribution in [3.05, 3.63) is 23.9 Å². The zero-order valence-electron chi connectivity index (χ0n) is 19.3. The first kappa shape index (κ1) is 26.1. The summed E-state index contributed by atoms with van der Waals surface area (Å²) in [6.45, 7) is 9.55. The largest absolute Gasteiger partial charge is 0.378 e. The van der Waals surface area contributed by atoms with E-state index in [1.165, 1.54) is 32.1 Å². The molecule has 2 heterocycles. The number of nitrogens with one attached hydrogen (secondary N) is 2. The number of aromatic nitrogens is 1. The third kappa shape index (κ3) is 9.49. The Bertz CT molecular complexity index is 627. The molecule has 1 aliphatic carbocycles. The van der Waals surface area contributed by atoms with E-state index in [2.05, 4.69) is 51.5 Å². The van der Waals surface area contributed by atoms with Gasteiger partial charge in [0.05, 0.1) is 12.6 Å². The molecule has 2 aliphatic rings. The monoisotopic (exact) mass is 544 g/mol. The molecule has 1 aliphatic heterocycles. The highest BCUT2D eigenvalue weighted by Gasteiger charge is 2.15. The van der Waals surface area contributed by atoms with Gasteiger partial charge in [-0.2, -0.15) is 0 Å². The van der Waals surface area contributed by atoms with Gasteiger partial charge < -0.3 is 25.2 Å². The summed E-state index contributed by atoms with van der Waals surface area (Å²) in [7, 11) is 2.17. The third-order valence-electron chi connectivity index (χ3n) is 5.92. The van der Waals surface area contributed by atoms with Crippen LogP contribution in [0, 0.1) is 0 Å². The van der Waals surface area contributed by atoms with Gasteiger partial charge in [-0.05, 0) is 44.9 Å². The number of guanidine groups is 1. The van der Waals surface area contributed by atoms with Crippen molar-refractivity contribution in [1.82, 2.24) is 20.5 Å². The summed E-state index contributed by atoms with van der Waals surface area (Å²) in [6, 6.07) is 4.27. The van der Waals surface area contributed by atoms with Crippen molar-refractivity contribution in [3.63, 3.8) is 0 Å². The molecular formula is C23H41IN6O. The molecule has 7 nitrogen and oxygen atoms in total. The number of rotatable bonds is 9. The molecule has 0 radical (unpaired) electrons. The van der Waals surface area contributed by atoms with E-state index in [1.807, 2.05) is 6.20 Å². The standard InChI is InChI=1S/C23H40N6O.HI/c1-3-24-23(25-12-7-17-30-21-8-5-4-6-9-21)27-19-20-10-11-22(26-18-20)29-15-13-28(2)14-16-29;/h10-11,18,21H,3-9,12-17,19H2,1-2H3,(H2,24,25,27);1H. The SMILES string of the molecule is CCNC(=NCc1ccc(N2CCN(C)CC2)nc1)NCCCOC1CCCCC1.I. The van der Waals surface area contributed by atoms with Crippen LogP contribution in [-0.4, -0.2) is 74.9 Å². The van der Waals surface area contributed by atoms with Crippen LogP contribution < -0.4 is 15.5 Å². The molecule has 0 atom stereocenters. The molecule has 31 heavy (non-hydrogen) atoms. The number of pyridine rings is 1. The number of aliphatic imine (C=N–C) groups is 1. The Morgan fingerprint density at radius 3 is 2.58 bits per heavy atom. The normalized spacial score (nSPS) is 18.5. The summed E-state index contributed by atoms with van der Waals surface area (Å²) < 4.78 is 6.01. The van der Waals surface area contributed by atoms with Crippen LogP contribution in [0.25, 0.3) is 0 Å². The lowest BCUT2D eigenvalue weighted by Gasteiger charge is -2.33. The van der Waals surface area contributed by atoms with Crippen LogP contribution in [0.1, 0.15) is 51.0 Å². The molecule has 8 heteroatoms. The van der Waals surface area contributed by atoms with Gasteiger partial charge in [0.2, 0.25) is 0 Å². The van der Waals surface area contributed by atoms with Crippen LogP contribution >= 0.6 is 24.0 Å². The van der Waals surface area contributed by atoms with Crippen LogP contribution in [0.5, 0.6) is 0 Å². The van der Waals surface area contributed by atoms with E-state index in [0.29, 0.717) is 12.6 Å². The average molecular weight is 545 g/mol. The van der Waals surface area contributed by atoms with Crippen molar-refractivity contribution in [3.8, 4) is 0 Å². The lowest BCUT2D eigenvalue weighted by molar-refractivity contribution is 0.0277. The number of hydrogen-bond acceptors (Lipinski definition) is 5. The minimum absolute atomic E-state index is 0. The van der Waals surface area contributed by atoms with Crippen molar-refractivity contribution in [2.45, 2.75) is 58.1 Å². The first-order chi connectivity index (χ1) is 14.7. The number of anilines is 1. The van der Waals surface area contributed by atoms with Crippen molar-refractivity contribution >= 4 is 35.8 Å². The molecular weight excluding hydrogens is 503 g/mol. The van der Waals surface area contributed by atoms with Gasteiger partial charge in [0.25, 0.3) is 0 Å². The molecule has 1 saturated carbocycles. The summed E-state index contributed by atoms with van der Waals surface area (Å²) in [5.41, 5.74) is 1.13. The molecule has 0 aromatic carbocycles. The summed E-state index contributed by atoms with van der Waals surface area (Å²) >= 11 is 0. The Morgan fingerprint density at radius 1 is 1.13 bits per heavy atom. The first-order valence-corrected chi connectivity index (χ1v) is 11.8. The third-order valence-corrected chi connectivity index (χ3v) is 5.92. The topological polar surface area (TPSA) is 65.0 Å². The highest BCUT2D eigenvalue weighted by Crippen LogP contribution is 2.20. The number of piperazine rings is 1. The van der Waals surface area contributed by atoms with E-state index >= 15 is 0 Å². The molecule has 0 unspecified atom stereocenters. The van der Waals surface area contributed by atoms with Gasteiger partial charge in [0.1, 0.15) is 5.82 Å². The zero-order chi connectivity index (χ0) is 21.0. The second-order valence-electron chi connectivity index (χ2n) is 8.42. The minimum atomic E-state index is 0. The fraction of sp³-hybridized carbons (Fsp3) is 0.739. The van der Waals surface area contributed by atoms with E-state index < -0.39 is 0 Å². The smallest absolute Gasteiger partial charge is 0.191 e. The predicted octanol–water partition coefficient (Wildman–Crippen LogP) is 3.25. The molecule has 1 saturated heterocycles. The van der Waals surface area contributed by atoms with Gasteiger partial charge >= 0.3 is 0 Å². The highest BCUT2D eigenvalue weighted by molar-refractivity contribution is 14.0. The maximum absolute atomic E-state index is 6.01. The summed E-state index contributed by atoms with van der Waals surface area (Å²) in [5, 5.41) is 6.75. The zero-order valence-corrected chi connectivity index (χ0v) is 21.6. The fourth-order valence-corrected chi connectivity index (χ4v) is 4.01. The molecule has 1 aromatic heterocycles. The van der Waals surface area contributed by atoms with E-state index in [4.69, 9.17) is 9.73 Å². The van der Waals surface area contributed by atoms with Gasteiger partial charge in [0, 0.05) is 52.1 Å². The van der Waals surface area contributed by atoms with E-state index in [-0.39, 0.29) is 24.0 Å². The van der Waals surface area contributed by atoms with Crippen molar-refractivity contribution in [2.24, 2.45) is 4.99 Å². The van der Waals surface area contributed by atoms with E-state index in [9.17, 15) is 0 Å². The number of halogens is 1. The number of likely N-dealkylation sites (N-methyl/N-ethyl adjacent to an activating group) is 1. The second-order valence-corrected chi connectivity index (χ2v) is 8.42. The Balaban J connectivity index is 0.00000341. The van der Waals surface area contributed by atoms with Gasteiger partial charge in [-0.3, -0.25) is 0 Å². The van der Waals surface area contributed by atoms with Gasteiger partial charge in [-0.25, -0.2) is 9.98 Å². The molecule has 2 N–H and O–H groups in total. The molecule has 0 amide bonds. The minimum Gasteiger partial charge on any atom is -0.378 e. The van der Waals surface area contributed by atoms with E-state index in [0.717, 1.165) is 69.6 Å². The van der Waals surface area contributed by atoms with Crippen molar-refractivity contribution in [2.75, 3.05) is 57.8 Å². The Kier molecular flexibility index (Phi) is 12.5. The average Bonchev–Trinajstić information content (AvgIpc) is 2.79. The Labute approximate surface area is 205 Å². The van der Waals surface area contributed by atoms with Crippen LogP contribution in [0.2, 0.25) is 0 Å². The highest BCUT2D eigenvalue weighted by atomic mass is 127. The van der Waals surface area contributed by atoms with Gasteiger partial charge in [-0.1, -0.05) is 25.3 Å². The van der Waals surface area contributed by atoms with Crippen LogP contribution in [0.4, 0.5) is 5.82 Å². The maximum atomic E-state index is 6.01. The number of nitrogens with zero attached hydrogens (tertiary/aromatic N) is 4. The lowest BCUT2D eigenvalue weighted by Crippen LogP contribution is -2.44. The van der Waals surface area contributed by atoms with Crippen LogP contribution in [0.3, 0.4) is 0 Å². The molecule has 176 valence electrons. The summed E-state index contributed by atoms with van der Waals surface area (Å²) in [6.07, 6.45) is 9.94. The molecule has 3 rings (SSSR count). The Hall–Kier alpha value is -1.13. The fourth-order valence-electron chi connectivity index (χ4n) is 4.01. The number of ether oxygens (including phenoxy) is 1. The van der Waals surface area contributed by atoms with Crippen LogP contribution in [-0.2, 0) is 11.3 Å². The maximum Gasteiger partial charge on any atom is 0.191 e. The second kappa shape index (κ2) is 14.8. The van der Waals surface area contributed by atoms with Crippen molar-refractivity contribution in [1.29, 1.82) is 0 Å².